The van der Waals surface area contributed by atoms with E-state index in [9.17, 15) is 8.78 Å². The van der Waals surface area contributed by atoms with Crippen LogP contribution in [0.25, 0.3) is 0 Å². The van der Waals surface area contributed by atoms with Gasteiger partial charge in [-0.1, -0.05) is 12.1 Å². The Morgan fingerprint density at radius 1 is 1.05 bits per heavy atom. The quantitative estimate of drug-likeness (QED) is 0.876. The fourth-order valence-corrected chi connectivity index (χ4v) is 1.79. The van der Waals surface area contributed by atoms with E-state index < -0.39 is 11.6 Å². The van der Waals surface area contributed by atoms with Crippen LogP contribution < -0.4 is 10.1 Å². The molecule has 0 aliphatic rings. The molecule has 1 N–H and O–H groups in total. The van der Waals surface area contributed by atoms with Gasteiger partial charge in [-0.2, -0.15) is 0 Å². The Bertz CT molecular complexity index is 567. The van der Waals surface area contributed by atoms with Crippen LogP contribution >= 0.6 is 0 Å². The van der Waals surface area contributed by atoms with Crippen LogP contribution in [0.1, 0.15) is 19.4 Å². The molecule has 0 aliphatic heterocycles. The van der Waals surface area contributed by atoms with Crippen molar-refractivity contribution < 1.29 is 13.5 Å². The molecular formula is C16H17F2NO. The molecule has 0 amide bonds. The highest BCUT2D eigenvalue weighted by Crippen LogP contribution is 2.18. The summed E-state index contributed by atoms with van der Waals surface area (Å²) >= 11 is 0. The lowest BCUT2D eigenvalue weighted by Crippen LogP contribution is -2.06. The molecule has 2 rings (SSSR count). The summed E-state index contributed by atoms with van der Waals surface area (Å²) in [5, 5.41) is 2.93. The number of rotatable bonds is 5. The molecule has 0 atom stereocenters. The Hall–Kier alpha value is -2.10. The van der Waals surface area contributed by atoms with Crippen molar-refractivity contribution in [2.45, 2.75) is 26.5 Å². The predicted molar refractivity (Wildman–Crippen MR) is 75.9 cm³/mol. The van der Waals surface area contributed by atoms with Crippen LogP contribution in [0.3, 0.4) is 0 Å². The summed E-state index contributed by atoms with van der Waals surface area (Å²) in [7, 11) is 0. The van der Waals surface area contributed by atoms with Crippen molar-refractivity contribution >= 4 is 5.69 Å². The van der Waals surface area contributed by atoms with Crippen LogP contribution in [-0.2, 0) is 6.54 Å². The molecule has 20 heavy (non-hydrogen) atoms. The maximum atomic E-state index is 13.4. The standard InChI is InChI=1S/C16H17F2NO/c1-11(2)20-14-6-3-12(4-7-14)10-19-16-8-5-13(17)9-15(16)18/h3-9,11,19H,10H2,1-2H3. The van der Waals surface area contributed by atoms with Gasteiger partial charge in [-0.15, -0.1) is 0 Å². The molecule has 0 saturated heterocycles. The summed E-state index contributed by atoms with van der Waals surface area (Å²) in [6.45, 7) is 4.39. The highest BCUT2D eigenvalue weighted by atomic mass is 19.1. The van der Waals surface area contributed by atoms with Gasteiger partial charge >= 0.3 is 0 Å². The first-order valence-corrected chi connectivity index (χ1v) is 6.49. The first-order valence-electron chi connectivity index (χ1n) is 6.49. The van der Waals surface area contributed by atoms with E-state index in [4.69, 9.17) is 4.74 Å². The smallest absolute Gasteiger partial charge is 0.149 e. The molecule has 106 valence electrons. The zero-order valence-electron chi connectivity index (χ0n) is 11.5. The van der Waals surface area contributed by atoms with Gasteiger partial charge in [0.05, 0.1) is 11.8 Å². The molecule has 0 bridgehead atoms. The third-order valence-corrected chi connectivity index (χ3v) is 2.71. The molecular weight excluding hydrogens is 260 g/mol. The Morgan fingerprint density at radius 3 is 2.35 bits per heavy atom. The van der Waals surface area contributed by atoms with Crippen molar-refractivity contribution in [2.75, 3.05) is 5.32 Å². The summed E-state index contributed by atoms with van der Waals surface area (Å²) in [6, 6.07) is 11.0. The molecule has 0 saturated carbocycles. The van der Waals surface area contributed by atoms with Crippen molar-refractivity contribution in [3.63, 3.8) is 0 Å². The third-order valence-electron chi connectivity index (χ3n) is 2.71. The molecule has 2 aromatic carbocycles. The average molecular weight is 277 g/mol. The molecule has 0 spiro atoms. The van der Waals surface area contributed by atoms with E-state index >= 15 is 0 Å². The molecule has 2 aromatic rings. The van der Waals surface area contributed by atoms with E-state index in [1.54, 1.807) is 0 Å². The van der Waals surface area contributed by atoms with Crippen molar-refractivity contribution in [3.05, 3.63) is 59.7 Å². The minimum atomic E-state index is -0.593. The van der Waals surface area contributed by atoms with E-state index in [1.807, 2.05) is 38.1 Å². The largest absolute Gasteiger partial charge is 0.491 e. The highest BCUT2D eigenvalue weighted by molar-refractivity contribution is 5.45. The molecule has 2 nitrogen and oxygen atoms in total. The fourth-order valence-electron chi connectivity index (χ4n) is 1.79. The maximum Gasteiger partial charge on any atom is 0.149 e. The van der Waals surface area contributed by atoms with Crippen LogP contribution in [0.5, 0.6) is 5.75 Å². The van der Waals surface area contributed by atoms with Crippen LogP contribution in [0.4, 0.5) is 14.5 Å². The number of hydrogen-bond acceptors (Lipinski definition) is 2. The number of anilines is 1. The summed E-state index contributed by atoms with van der Waals surface area (Å²) in [5.74, 6) is -0.371. The lowest BCUT2D eigenvalue weighted by Gasteiger charge is -2.11. The van der Waals surface area contributed by atoms with E-state index in [0.29, 0.717) is 6.54 Å². The van der Waals surface area contributed by atoms with E-state index in [0.717, 1.165) is 17.4 Å². The normalized spacial score (nSPS) is 10.7. The van der Waals surface area contributed by atoms with Gasteiger partial charge in [-0.3, -0.25) is 0 Å². The zero-order valence-corrected chi connectivity index (χ0v) is 11.5. The predicted octanol–water partition coefficient (Wildman–Crippen LogP) is 4.36. The number of hydrogen-bond donors (Lipinski definition) is 1. The Labute approximate surface area is 117 Å². The van der Waals surface area contributed by atoms with E-state index in [-0.39, 0.29) is 11.8 Å². The van der Waals surface area contributed by atoms with Gasteiger partial charge in [-0.05, 0) is 43.7 Å². The second-order valence-electron chi connectivity index (χ2n) is 4.79. The Morgan fingerprint density at radius 2 is 1.75 bits per heavy atom. The monoisotopic (exact) mass is 277 g/mol. The summed E-state index contributed by atoms with van der Waals surface area (Å²) < 4.78 is 31.8. The summed E-state index contributed by atoms with van der Waals surface area (Å²) in [6.07, 6.45) is 0.132. The summed E-state index contributed by atoms with van der Waals surface area (Å²) in [5.41, 5.74) is 1.28. The molecule has 0 radical (unpaired) electrons. The highest BCUT2D eigenvalue weighted by Gasteiger charge is 2.03. The van der Waals surface area contributed by atoms with E-state index in [1.165, 1.54) is 12.1 Å². The van der Waals surface area contributed by atoms with Crippen molar-refractivity contribution in [1.82, 2.24) is 0 Å². The molecule has 4 heteroatoms. The van der Waals surface area contributed by atoms with Gasteiger partial charge in [0.15, 0.2) is 0 Å². The number of benzene rings is 2. The number of nitrogens with one attached hydrogen (secondary N) is 1. The van der Waals surface area contributed by atoms with Crippen molar-refractivity contribution in [3.8, 4) is 5.75 Å². The van der Waals surface area contributed by atoms with Gasteiger partial charge in [0.2, 0.25) is 0 Å². The molecule has 0 heterocycles. The molecule has 0 aliphatic carbocycles. The summed E-state index contributed by atoms with van der Waals surface area (Å²) in [4.78, 5) is 0. The average Bonchev–Trinajstić information content (AvgIpc) is 2.39. The molecule has 0 fully saturated rings. The second-order valence-corrected chi connectivity index (χ2v) is 4.79. The SMILES string of the molecule is CC(C)Oc1ccc(CNc2ccc(F)cc2F)cc1. The van der Waals surface area contributed by atoms with Crippen molar-refractivity contribution in [2.24, 2.45) is 0 Å². The van der Waals surface area contributed by atoms with Crippen LogP contribution in [0.15, 0.2) is 42.5 Å². The minimum Gasteiger partial charge on any atom is -0.491 e. The Kier molecular flexibility index (Phi) is 4.56. The lowest BCUT2D eigenvalue weighted by atomic mass is 10.2. The fraction of sp³-hybridized carbons (Fsp3) is 0.250. The Balaban J connectivity index is 1.96. The maximum absolute atomic E-state index is 13.4. The third kappa shape index (κ3) is 3.95. The number of halogens is 2. The van der Waals surface area contributed by atoms with Gasteiger partial charge in [-0.25, -0.2) is 8.78 Å². The van der Waals surface area contributed by atoms with Gasteiger partial charge in [0.1, 0.15) is 17.4 Å². The topological polar surface area (TPSA) is 21.3 Å². The first kappa shape index (κ1) is 14.3. The zero-order chi connectivity index (χ0) is 14.5. The lowest BCUT2D eigenvalue weighted by molar-refractivity contribution is 0.242. The van der Waals surface area contributed by atoms with Gasteiger partial charge in [0, 0.05) is 12.6 Å². The second kappa shape index (κ2) is 6.37. The first-order chi connectivity index (χ1) is 9.54. The van der Waals surface area contributed by atoms with Crippen LogP contribution in [-0.4, -0.2) is 6.10 Å². The van der Waals surface area contributed by atoms with Gasteiger partial charge < -0.3 is 10.1 Å². The van der Waals surface area contributed by atoms with Crippen molar-refractivity contribution in [1.29, 1.82) is 0 Å². The molecule has 0 unspecified atom stereocenters. The molecule has 0 aromatic heterocycles. The van der Waals surface area contributed by atoms with Crippen LogP contribution in [0, 0.1) is 11.6 Å². The van der Waals surface area contributed by atoms with Crippen LogP contribution in [0.2, 0.25) is 0 Å². The van der Waals surface area contributed by atoms with Gasteiger partial charge in [0.25, 0.3) is 0 Å². The minimum absolute atomic E-state index is 0.132. The van der Waals surface area contributed by atoms with E-state index in [2.05, 4.69) is 5.32 Å². The number of ether oxygens (including phenoxy) is 1.